The highest BCUT2D eigenvalue weighted by molar-refractivity contribution is 6.37. The molecule has 0 aliphatic carbocycles. The Balaban J connectivity index is 1.49. The Morgan fingerprint density at radius 1 is 1.21 bits per heavy atom. The number of ether oxygens (including phenoxy) is 1. The number of piperazine rings is 1. The molecule has 3 aromatic rings. The predicted octanol–water partition coefficient (Wildman–Crippen LogP) is 3.62. The van der Waals surface area contributed by atoms with Gasteiger partial charge in [-0.1, -0.05) is 35.9 Å². The molecule has 220 valence electrons. The fraction of sp³-hybridized carbons (Fsp3) is 0.393. The maximum absolute atomic E-state index is 13.9. The lowest BCUT2D eigenvalue weighted by Gasteiger charge is -2.40. The zero-order valence-electron chi connectivity index (χ0n) is 22.8. The number of carboxylic acid groups (broad SMARTS) is 1. The van der Waals surface area contributed by atoms with E-state index in [1.54, 1.807) is 30.1 Å². The molecule has 12 nitrogen and oxygen atoms in total. The van der Waals surface area contributed by atoms with Gasteiger partial charge in [0.05, 0.1) is 29.2 Å². The van der Waals surface area contributed by atoms with Crippen molar-refractivity contribution in [3.05, 3.63) is 47.1 Å². The number of carbonyl (C=O) groups excluding carboxylic acids is 1. The van der Waals surface area contributed by atoms with Gasteiger partial charge in [0.2, 0.25) is 0 Å². The number of nitrogens with zero attached hydrogens (tertiary/aromatic N) is 6. The summed E-state index contributed by atoms with van der Waals surface area (Å²) in [6.45, 7) is 0.808. The second kappa shape index (κ2) is 12.2. The van der Waals surface area contributed by atoms with Gasteiger partial charge in [-0.3, -0.25) is 9.69 Å². The monoisotopic (exact) mass is 596 g/mol. The number of amides is 2. The van der Waals surface area contributed by atoms with E-state index >= 15 is 0 Å². The second-order valence-corrected chi connectivity index (χ2v) is 10.8. The number of likely N-dealkylation sites (tertiary alicyclic amines) is 1. The van der Waals surface area contributed by atoms with Crippen molar-refractivity contribution in [3.63, 3.8) is 0 Å². The van der Waals surface area contributed by atoms with Gasteiger partial charge in [0.15, 0.2) is 11.5 Å². The molecule has 2 amide bonds. The topological polar surface area (TPSA) is 161 Å². The van der Waals surface area contributed by atoms with Gasteiger partial charge in [0.25, 0.3) is 5.91 Å². The van der Waals surface area contributed by atoms with Crippen molar-refractivity contribution in [1.82, 2.24) is 19.8 Å². The number of anilines is 3. The van der Waals surface area contributed by atoms with Crippen LogP contribution < -0.4 is 20.7 Å². The van der Waals surface area contributed by atoms with Crippen LogP contribution in [0.4, 0.5) is 26.4 Å². The standard InChI is InChI=1S/C28H30ClFN8O4/c1-36-13-17(30)12-19(36)15-42-27-34-24(26(39)33-21-7-3-5-16-4-2-6-20(29)22(16)21)23(32)25(35-27)37-10-11-38(28(40)41)18(14-37)8-9-31/h2-7,17-19H,8,10-15,32H2,1H3,(H,33,39)(H,40,41)/t17-,18+,19+/m1/s1. The van der Waals surface area contributed by atoms with Gasteiger partial charge < -0.3 is 30.7 Å². The lowest BCUT2D eigenvalue weighted by Crippen LogP contribution is -2.55. The van der Waals surface area contributed by atoms with Crippen LogP contribution in [0, 0.1) is 11.3 Å². The van der Waals surface area contributed by atoms with Crippen LogP contribution in [0.2, 0.25) is 5.02 Å². The fourth-order valence-electron chi connectivity index (χ4n) is 5.45. The van der Waals surface area contributed by atoms with E-state index in [0.717, 1.165) is 5.39 Å². The quantitative estimate of drug-likeness (QED) is 0.367. The molecule has 0 unspecified atom stereocenters. The molecule has 3 atom stereocenters. The number of benzene rings is 2. The molecule has 0 bridgehead atoms. The zero-order chi connectivity index (χ0) is 30.0. The Morgan fingerprint density at radius 3 is 2.67 bits per heavy atom. The molecule has 2 aromatic carbocycles. The van der Waals surface area contributed by atoms with E-state index in [-0.39, 0.29) is 68.5 Å². The third kappa shape index (κ3) is 5.95. The van der Waals surface area contributed by atoms with E-state index in [2.05, 4.69) is 15.3 Å². The van der Waals surface area contributed by atoms with Crippen molar-refractivity contribution in [3.8, 4) is 12.1 Å². The Hall–Kier alpha value is -4.41. The Labute approximate surface area is 246 Å². The van der Waals surface area contributed by atoms with Crippen LogP contribution in [-0.4, -0.2) is 95.0 Å². The Morgan fingerprint density at radius 2 is 1.98 bits per heavy atom. The average molecular weight is 597 g/mol. The summed E-state index contributed by atoms with van der Waals surface area (Å²) >= 11 is 6.45. The first-order valence-corrected chi connectivity index (χ1v) is 13.8. The Kier molecular flexibility index (Phi) is 8.46. The molecule has 3 heterocycles. The van der Waals surface area contributed by atoms with Crippen molar-refractivity contribution < 1.29 is 23.8 Å². The van der Waals surface area contributed by atoms with E-state index < -0.39 is 24.2 Å². The van der Waals surface area contributed by atoms with E-state index in [9.17, 15) is 24.3 Å². The van der Waals surface area contributed by atoms with Gasteiger partial charge in [0.1, 0.15) is 18.5 Å². The van der Waals surface area contributed by atoms with Gasteiger partial charge >= 0.3 is 12.1 Å². The highest BCUT2D eigenvalue weighted by Gasteiger charge is 2.34. The lowest BCUT2D eigenvalue weighted by atomic mass is 10.1. The summed E-state index contributed by atoms with van der Waals surface area (Å²) in [5.41, 5.74) is 6.76. The van der Waals surface area contributed by atoms with Crippen LogP contribution in [-0.2, 0) is 0 Å². The zero-order valence-corrected chi connectivity index (χ0v) is 23.6. The molecule has 1 aromatic heterocycles. The summed E-state index contributed by atoms with van der Waals surface area (Å²) in [5.74, 6) is -0.454. The van der Waals surface area contributed by atoms with Crippen molar-refractivity contribution in [2.45, 2.75) is 31.1 Å². The van der Waals surface area contributed by atoms with Crippen molar-refractivity contribution in [2.75, 3.05) is 55.8 Å². The molecule has 14 heteroatoms. The van der Waals surface area contributed by atoms with E-state index in [1.165, 1.54) is 4.90 Å². The maximum Gasteiger partial charge on any atom is 0.407 e. The van der Waals surface area contributed by atoms with Crippen LogP contribution in [0.25, 0.3) is 10.8 Å². The molecular formula is C28H30ClFN8O4. The smallest absolute Gasteiger partial charge is 0.407 e. The summed E-state index contributed by atoms with van der Waals surface area (Å²) in [4.78, 5) is 39.0. The van der Waals surface area contributed by atoms with Crippen LogP contribution in [0.15, 0.2) is 36.4 Å². The van der Waals surface area contributed by atoms with Gasteiger partial charge in [-0.25, -0.2) is 9.18 Å². The average Bonchev–Trinajstić information content (AvgIpc) is 3.28. The van der Waals surface area contributed by atoms with Crippen molar-refractivity contribution >= 4 is 51.6 Å². The maximum atomic E-state index is 13.9. The molecule has 2 aliphatic heterocycles. The molecule has 2 saturated heterocycles. The third-order valence-corrected chi connectivity index (χ3v) is 7.93. The predicted molar refractivity (Wildman–Crippen MR) is 156 cm³/mol. The minimum atomic E-state index is -1.13. The second-order valence-electron chi connectivity index (χ2n) is 10.4. The normalized spacial score (nSPS) is 20.9. The first kappa shape index (κ1) is 29.1. The lowest BCUT2D eigenvalue weighted by molar-refractivity contribution is 0.102. The number of hydrogen-bond acceptors (Lipinski definition) is 9. The Bertz CT molecular complexity index is 1550. The van der Waals surface area contributed by atoms with Crippen LogP contribution in [0.3, 0.4) is 0 Å². The van der Waals surface area contributed by atoms with Gasteiger partial charge in [0, 0.05) is 37.6 Å². The molecule has 2 aliphatic rings. The van der Waals surface area contributed by atoms with E-state index in [1.807, 2.05) is 29.2 Å². The van der Waals surface area contributed by atoms with Crippen LogP contribution in [0.1, 0.15) is 23.3 Å². The summed E-state index contributed by atoms with van der Waals surface area (Å²) in [5, 5.41) is 23.7. The number of hydrogen-bond donors (Lipinski definition) is 3. The minimum absolute atomic E-state index is 0.0347. The molecular weight excluding hydrogens is 567 g/mol. The van der Waals surface area contributed by atoms with Crippen molar-refractivity contribution in [1.29, 1.82) is 5.26 Å². The number of carbonyl (C=O) groups is 2. The minimum Gasteiger partial charge on any atom is -0.465 e. The molecule has 4 N–H and O–H groups in total. The number of likely N-dealkylation sites (N-methyl/N-ethyl adjacent to an activating group) is 1. The van der Waals surface area contributed by atoms with E-state index in [4.69, 9.17) is 22.1 Å². The summed E-state index contributed by atoms with van der Waals surface area (Å²) in [7, 11) is 1.80. The molecule has 42 heavy (non-hydrogen) atoms. The number of nitrogens with two attached hydrogens (primary N) is 1. The largest absolute Gasteiger partial charge is 0.465 e. The number of nitrogens with one attached hydrogen (secondary N) is 1. The third-order valence-electron chi connectivity index (χ3n) is 7.62. The van der Waals surface area contributed by atoms with Gasteiger partial charge in [-0.05, 0) is 31.0 Å². The van der Waals surface area contributed by atoms with E-state index in [0.29, 0.717) is 22.5 Å². The number of nitriles is 1. The molecule has 2 fully saturated rings. The number of alkyl halides is 1. The van der Waals surface area contributed by atoms with Crippen molar-refractivity contribution in [2.24, 2.45) is 0 Å². The molecule has 5 rings (SSSR count). The van der Waals surface area contributed by atoms with Crippen LogP contribution >= 0.6 is 11.6 Å². The number of nitrogen functional groups attached to an aromatic ring is 1. The first-order chi connectivity index (χ1) is 20.2. The number of aromatic nitrogens is 2. The first-order valence-electron chi connectivity index (χ1n) is 13.4. The summed E-state index contributed by atoms with van der Waals surface area (Å²) in [6, 6.07) is 11.8. The van der Waals surface area contributed by atoms with Crippen LogP contribution in [0.5, 0.6) is 6.01 Å². The number of fused-ring (bicyclic) bond motifs is 1. The SMILES string of the molecule is CN1C[C@H](F)C[C@H]1COc1nc(C(=O)Nc2cccc3cccc(Cl)c23)c(N)c(N2CCN(C(=O)O)[C@@H](CC#N)C2)n1. The van der Waals surface area contributed by atoms with Gasteiger partial charge in [-0.2, -0.15) is 15.2 Å². The highest BCUT2D eigenvalue weighted by Crippen LogP contribution is 2.33. The van der Waals surface area contributed by atoms with Gasteiger partial charge in [-0.15, -0.1) is 0 Å². The summed E-state index contributed by atoms with van der Waals surface area (Å²) < 4.78 is 19.8. The number of halogens is 2. The molecule has 0 spiro atoms. The highest BCUT2D eigenvalue weighted by atomic mass is 35.5. The number of rotatable bonds is 7. The fourth-order valence-corrected chi connectivity index (χ4v) is 5.74. The summed E-state index contributed by atoms with van der Waals surface area (Å²) in [6.07, 6.45) is -1.84. The molecule has 0 radical (unpaired) electrons. The molecule has 0 saturated carbocycles.